The van der Waals surface area contributed by atoms with Gasteiger partial charge in [-0.05, 0) is 24.9 Å². The monoisotopic (exact) mass is 263 g/mol. The molecule has 2 N–H and O–H groups in total. The molecule has 0 saturated heterocycles. The maximum absolute atomic E-state index is 11.7. The van der Waals surface area contributed by atoms with Crippen LogP contribution in [0.5, 0.6) is 0 Å². The van der Waals surface area contributed by atoms with Crippen LogP contribution >= 0.6 is 11.8 Å². The van der Waals surface area contributed by atoms with E-state index >= 15 is 0 Å². The van der Waals surface area contributed by atoms with Gasteiger partial charge in [0, 0.05) is 6.04 Å². The van der Waals surface area contributed by atoms with Crippen molar-refractivity contribution in [3.63, 3.8) is 0 Å². The number of hydrogen-bond acceptors (Lipinski definition) is 4. The van der Waals surface area contributed by atoms with Crippen molar-refractivity contribution < 1.29 is 8.42 Å². The summed E-state index contributed by atoms with van der Waals surface area (Å²) in [5.74, 6) is 2.02. The van der Waals surface area contributed by atoms with Gasteiger partial charge >= 0.3 is 0 Å². The SMILES string of the molecule is CCSCCC(C)NS(=O)(=O)c1cnc[nH]1. The van der Waals surface area contributed by atoms with E-state index in [4.69, 9.17) is 0 Å². The van der Waals surface area contributed by atoms with Gasteiger partial charge < -0.3 is 4.98 Å². The Balaban J connectivity index is 2.47. The lowest BCUT2D eigenvalue weighted by Crippen LogP contribution is -2.33. The molecule has 1 heterocycles. The van der Waals surface area contributed by atoms with Gasteiger partial charge in [-0.2, -0.15) is 11.8 Å². The first-order valence-electron chi connectivity index (χ1n) is 5.14. The van der Waals surface area contributed by atoms with Crippen molar-refractivity contribution in [1.29, 1.82) is 0 Å². The average Bonchev–Trinajstić information content (AvgIpc) is 2.70. The molecule has 0 saturated carbocycles. The van der Waals surface area contributed by atoms with Crippen LogP contribution in [0.2, 0.25) is 0 Å². The van der Waals surface area contributed by atoms with E-state index in [9.17, 15) is 8.42 Å². The number of imidazole rings is 1. The molecule has 5 nitrogen and oxygen atoms in total. The molecule has 0 fully saturated rings. The van der Waals surface area contributed by atoms with Gasteiger partial charge in [-0.25, -0.2) is 18.1 Å². The predicted octanol–water partition coefficient (Wildman–Crippen LogP) is 1.22. The summed E-state index contributed by atoms with van der Waals surface area (Å²) in [4.78, 5) is 6.28. The molecule has 0 radical (unpaired) electrons. The smallest absolute Gasteiger partial charge is 0.257 e. The van der Waals surface area contributed by atoms with Gasteiger partial charge in [0.15, 0.2) is 5.03 Å². The van der Waals surface area contributed by atoms with Gasteiger partial charge in [0.05, 0.1) is 12.5 Å². The van der Waals surface area contributed by atoms with E-state index in [2.05, 4.69) is 21.6 Å². The highest BCUT2D eigenvalue weighted by Crippen LogP contribution is 2.07. The zero-order valence-electron chi connectivity index (χ0n) is 9.43. The normalized spacial score (nSPS) is 13.9. The zero-order chi connectivity index (χ0) is 12.0. The fourth-order valence-corrected chi connectivity index (χ4v) is 3.17. The molecule has 1 rings (SSSR count). The van der Waals surface area contributed by atoms with Gasteiger partial charge in [0.2, 0.25) is 0 Å². The van der Waals surface area contributed by atoms with Gasteiger partial charge in [0.25, 0.3) is 10.0 Å². The average molecular weight is 263 g/mol. The van der Waals surface area contributed by atoms with Crippen LogP contribution in [0.3, 0.4) is 0 Å². The van der Waals surface area contributed by atoms with E-state index < -0.39 is 10.0 Å². The van der Waals surface area contributed by atoms with Gasteiger partial charge in [-0.3, -0.25) is 0 Å². The third kappa shape index (κ3) is 4.15. The number of aromatic nitrogens is 2. The van der Waals surface area contributed by atoms with Crippen LogP contribution in [0.4, 0.5) is 0 Å². The highest BCUT2D eigenvalue weighted by molar-refractivity contribution is 7.99. The number of H-pyrrole nitrogens is 1. The third-order valence-corrected chi connectivity index (χ3v) is 4.47. The molecule has 0 amide bonds. The second-order valence-corrected chi connectivity index (χ2v) is 6.50. The maximum Gasteiger partial charge on any atom is 0.257 e. The Morgan fingerprint density at radius 1 is 1.62 bits per heavy atom. The lowest BCUT2D eigenvalue weighted by Gasteiger charge is -2.12. The number of aromatic amines is 1. The van der Waals surface area contributed by atoms with E-state index in [0.717, 1.165) is 17.9 Å². The van der Waals surface area contributed by atoms with Crippen LogP contribution in [0.15, 0.2) is 17.6 Å². The molecule has 7 heteroatoms. The predicted molar refractivity (Wildman–Crippen MR) is 66.0 cm³/mol. The Kier molecular flexibility index (Phi) is 5.30. The lowest BCUT2D eigenvalue weighted by molar-refractivity contribution is 0.554. The summed E-state index contributed by atoms with van der Waals surface area (Å²) in [5, 5.41) is 0.113. The molecule has 0 aliphatic carbocycles. The molecular formula is C9H17N3O2S2. The van der Waals surface area contributed by atoms with Gasteiger partial charge in [0.1, 0.15) is 0 Å². The summed E-state index contributed by atoms with van der Waals surface area (Å²) in [6, 6.07) is -0.0626. The van der Waals surface area contributed by atoms with Crippen LogP contribution in [0.1, 0.15) is 20.3 Å². The van der Waals surface area contributed by atoms with E-state index in [1.54, 1.807) is 11.8 Å². The highest BCUT2D eigenvalue weighted by Gasteiger charge is 2.18. The number of hydrogen-bond donors (Lipinski definition) is 2. The van der Waals surface area contributed by atoms with Crippen molar-refractivity contribution in [2.75, 3.05) is 11.5 Å². The summed E-state index contributed by atoms with van der Waals surface area (Å²) in [6.45, 7) is 3.95. The first-order valence-corrected chi connectivity index (χ1v) is 7.78. The summed E-state index contributed by atoms with van der Waals surface area (Å²) in [7, 11) is -3.43. The number of thioether (sulfide) groups is 1. The molecule has 1 aromatic rings. The lowest BCUT2D eigenvalue weighted by atomic mass is 10.3. The van der Waals surface area contributed by atoms with E-state index in [0.29, 0.717) is 0 Å². The quantitative estimate of drug-likeness (QED) is 0.725. The Morgan fingerprint density at radius 3 is 2.94 bits per heavy atom. The Bertz CT molecular complexity index is 389. The zero-order valence-corrected chi connectivity index (χ0v) is 11.1. The molecule has 0 aromatic carbocycles. The van der Waals surface area contributed by atoms with Crippen LogP contribution in [0.25, 0.3) is 0 Å². The summed E-state index contributed by atoms with van der Waals surface area (Å²) in [6.07, 6.45) is 3.48. The molecule has 1 aromatic heterocycles. The van der Waals surface area contributed by atoms with Crippen molar-refractivity contribution in [2.45, 2.75) is 31.3 Å². The first kappa shape index (κ1) is 13.5. The molecule has 1 atom stereocenters. The Morgan fingerprint density at radius 2 is 2.38 bits per heavy atom. The van der Waals surface area contributed by atoms with Gasteiger partial charge in [-0.15, -0.1) is 0 Å². The van der Waals surface area contributed by atoms with Crippen LogP contribution in [-0.4, -0.2) is 35.9 Å². The van der Waals surface area contributed by atoms with Crippen molar-refractivity contribution in [3.05, 3.63) is 12.5 Å². The standard InChI is InChI=1S/C9H17N3O2S2/c1-3-15-5-4-8(2)12-16(13,14)9-6-10-7-11-9/h6-8,12H,3-5H2,1-2H3,(H,10,11). The molecule has 0 aliphatic heterocycles. The van der Waals surface area contributed by atoms with Crippen LogP contribution in [0, 0.1) is 0 Å². The highest BCUT2D eigenvalue weighted by atomic mass is 32.2. The summed E-state index contributed by atoms with van der Waals surface area (Å²) < 4.78 is 26.1. The second-order valence-electron chi connectivity index (χ2n) is 3.42. The number of nitrogens with zero attached hydrogens (tertiary/aromatic N) is 1. The largest absolute Gasteiger partial charge is 0.335 e. The molecule has 0 bridgehead atoms. The molecule has 16 heavy (non-hydrogen) atoms. The Hall–Kier alpha value is -0.530. The maximum atomic E-state index is 11.7. The minimum Gasteiger partial charge on any atom is -0.335 e. The number of sulfonamides is 1. The minimum atomic E-state index is -3.43. The van der Waals surface area contributed by atoms with E-state index in [1.165, 1.54) is 12.5 Å². The van der Waals surface area contributed by atoms with Gasteiger partial charge in [-0.1, -0.05) is 6.92 Å². The van der Waals surface area contributed by atoms with Crippen molar-refractivity contribution >= 4 is 21.8 Å². The first-order chi connectivity index (χ1) is 7.56. The second kappa shape index (κ2) is 6.27. The molecule has 1 unspecified atom stereocenters. The summed E-state index contributed by atoms with van der Waals surface area (Å²) >= 11 is 1.80. The van der Waals surface area contributed by atoms with Crippen LogP contribution in [-0.2, 0) is 10.0 Å². The fourth-order valence-electron chi connectivity index (χ4n) is 1.18. The third-order valence-electron chi connectivity index (χ3n) is 2.02. The van der Waals surface area contributed by atoms with Crippen molar-refractivity contribution in [3.8, 4) is 0 Å². The summed E-state index contributed by atoms with van der Waals surface area (Å²) in [5.41, 5.74) is 0. The topological polar surface area (TPSA) is 74.8 Å². The fraction of sp³-hybridized carbons (Fsp3) is 0.667. The molecule has 0 aliphatic rings. The Labute approximate surface area is 100 Å². The van der Waals surface area contributed by atoms with E-state index in [-0.39, 0.29) is 11.1 Å². The van der Waals surface area contributed by atoms with Crippen molar-refractivity contribution in [1.82, 2.24) is 14.7 Å². The number of rotatable bonds is 7. The van der Waals surface area contributed by atoms with Crippen molar-refractivity contribution in [2.24, 2.45) is 0 Å². The van der Waals surface area contributed by atoms with Crippen LogP contribution < -0.4 is 4.72 Å². The molecular weight excluding hydrogens is 246 g/mol. The molecule has 92 valence electrons. The minimum absolute atomic E-state index is 0.0626. The number of nitrogens with one attached hydrogen (secondary N) is 2. The molecule has 0 spiro atoms. The van der Waals surface area contributed by atoms with E-state index in [1.807, 2.05) is 6.92 Å².